The van der Waals surface area contributed by atoms with Gasteiger partial charge in [-0.1, -0.05) is 24.0 Å². The number of pyridine rings is 2. The molecule has 192 valence electrons. The number of carbonyl (C=O) groups excluding carboxylic acids is 1. The van der Waals surface area contributed by atoms with Crippen LogP contribution < -0.4 is 5.84 Å². The second-order valence-electron chi connectivity index (χ2n) is 8.73. The lowest BCUT2D eigenvalue weighted by Crippen LogP contribution is -2.40. The van der Waals surface area contributed by atoms with E-state index in [9.17, 15) is 13.2 Å². The van der Waals surface area contributed by atoms with Crippen LogP contribution in [0.25, 0.3) is 22.2 Å². The van der Waals surface area contributed by atoms with Crippen LogP contribution in [-0.4, -0.2) is 67.0 Å². The summed E-state index contributed by atoms with van der Waals surface area (Å²) in [4.78, 5) is 21.7. The van der Waals surface area contributed by atoms with Crippen molar-refractivity contribution in [1.82, 2.24) is 19.3 Å². The molecule has 9 nitrogen and oxygen atoms in total. The lowest BCUT2D eigenvalue weighted by Gasteiger charge is -2.26. The van der Waals surface area contributed by atoms with Gasteiger partial charge in [-0.3, -0.25) is 14.8 Å². The Morgan fingerprint density at radius 1 is 1.00 bits per heavy atom. The first-order chi connectivity index (χ1) is 18.3. The zero-order valence-corrected chi connectivity index (χ0v) is 21.5. The summed E-state index contributed by atoms with van der Waals surface area (Å²) in [5, 5.41) is 1.67. The molecular formula is C28H25N5O4S. The van der Waals surface area contributed by atoms with E-state index in [1.807, 2.05) is 24.3 Å². The zero-order valence-electron chi connectivity index (χ0n) is 20.7. The fourth-order valence-corrected chi connectivity index (χ4v) is 5.51. The van der Waals surface area contributed by atoms with Gasteiger partial charge in [-0.2, -0.15) is 4.31 Å². The highest BCUT2D eigenvalue weighted by Crippen LogP contribution is 2.25. The molecule has 0 saturated carbocycles. The van der Waals surface area contributed by atoms with Crippen molar-refractivity contribution in [3.8, 4) is 23.1 Å². The van der Waals surface area contributed by atoms with Crippen molar-refractivity contribution < 1.29 is 17.9 Å². The molecule has 0 atom stereocenters. The molecule has 10 heteroatoms. The van der Waals surface area contributed by atoms with Gasteiger partial charge in [0.15, 0.2) is 0 Å². The smallest absolute Gasteiger partial charge is 0.268 e. The number of aromatic nitrogens is 2. The minimum absolute atomic E-state index is 0.242. The molecule has 2 aromatic carbocycles. The maximum atomic E-state index is 12.8. The van der Waals surface area contributed by atoms with Crippen LogP contribution in [0, 0.1) is 11.8 Å². The van der Waals surface area contributed by atoms with E-state index in [4.69, 9.17) is 10.6 Å². The van der Waals surface area contributed by atoms with E-state index in [-0.39, 0.29) is 10.8 Å². The number of sulfonamides is 1. The minimum Gasteiger partial charge on any atom is -0.379 e. The van der Waals surface area contributed by atoms with Crippen LogP contribution in [0.2, 0.25) is 0 Å². The van der Waals surface area contributed by atoms with Crippen molar-refractivity contribution in [1.29, 1.82) is 0 Å². The van der Waals surface area contributed by atoms with E-state index in [1.54, 1.807) is 48.8 Å². The largest absolute Gasteiger partial charge is 0.379 e. The first-order valence-corrected chi connectivity index (χ1v) is 13.3. The Hall–Kier alpha value is -4.14. The normalized spacial score (nSPS) is 14.1. The SMILES string of the molecule is CN(N)C(=O)c1cc(-c2ccc(C#Cc3ccc(S(=O)(=O)N4CCOCC4)cc3)cc2)nc2ccncc12. The maximum Gasteiger partial charge on any atom is 0.268 e. The molecule has 0 radical (unpaired) electrons. The third kappa shape index (κ3) is 5.27. The van der Waals surface area contributed by atoms with E-state index < -0.39 is 10.0 Å². The lowest BCUT2D eigenvalue weighted by molar-refractivity contribution is 0.0730. The third-order valence-electron chi connectivity index (χ3n) is 6.15. The van der Waals surface area contributed by atoms with Crippen LogP contribution in [0.4, 0.5) is 0 Å². The number of hydrogen-bond donors (Lipinski definition) is 1. The summed E-state index contributed by atoms with van der Waals surface area (Å²) < 4.78 is 32.3. The van der Waals surface area contributed by atoms with Crippen molar-refractivity contribution in [3.05, 3.63) is 89.7 Å². The standard InChI is InChI=1S/C28H25N5O4S/c1-32(29)28(34)24-18-27(31-26-12-13-30-19-25(24)26)22-8-4-20(5-9-22)2-3-21-6-10-23(11-7-21)38(35,36)33-14-16-37-17-15-33/h4-13,18-19H,14-17,29H2,1H3. The predicted molar refractivity (Wildman–Crippen MR) is 143 cm³/mol. The lowest BCUT2D eigenvalue weighted by atomic mass is 10.0. The van der Waals surface area contributed by atoms with E-state index in [1.165, 1.54) is 11.4 Å². The molecular weight excluding hydrogens is 502 g/mol. The van der Waals surface area contributed by atoms with Gasteiger partial charge in [-0.25, -0.2) is 19.2 Å². The first-order valence-electron chi connectivity index (χ1n) is 11.9. The number of hydrazine groups is 1. The van der Waals surface area contributed by atoms with E-state index in [0.29, 0.717) is 54.0 Å². The first kappa shape index (κ1) is 25.5. The molecule has 1 amide bonds. The van der Waals surface area contributed by atoms with Crippen LogP contribution in [0.1, 0.15) is 21.5 Å². The Labute approximate surface area is 220 Å². The van der Waals surface area contributed by atoms with Crippen molar-refractivity contribution in [2.45, 2.75) is 4.90 Å². The molecule has 1 aliphatic rings. The number of nitrogens with zero attached hydrogens (tertiary/aromatic N) is 4. The number of carbonyl (C=O) groups is 1. The molecule has 3 heterocycles. The average molecular weight is 528 g/mol. The Balaban J connectivity index is 1.36. The van der Waals surface area contributed by atoms with Gasteiger partial charge in [0.25, 0.3) is 5.91 Å². The Morgan fingerprint density at radius 3 is 2.26 bits per heavy atom. The second kappa shape index (κ2) is 10.7. The third-order valence-corrected chi connectivity index (χ3v) is 8.07. The van der Waals surface area contributed by atoms with Crippen LogP contribution >= 0.6 is 0 Å². The van der Waals surface area contributed by atoms with Crippen molar-refractivity contribution >= 4 is 26.8 Å². The number of fused-ring (bicyclic) bond motifs is 1. The van der Waals surface area contributed by atoms with Gasteiger partial charge in [0.1, 0.15) is 0 Å². The summed E-state index contributed by atoms with van der Waals surface area (Å²) in [5.74, 6) is 11.5. The Bertz CT molecular complexity index is 1650. The molecule has 0 bridgehead atoms. The number of hydrogen-bond acceptors (Lipinski definition) is 7. The van der Waals surface area contributed by atoms with Crippen LogP contribution in [0.15, 0.2) is 78.0 Å². The summed E-state index contributed by atoms with van der Waals surface area (Å²) in [6.45, 7) is 1.52. The average Bonchev–Trinajstić information content (AvgIpc) is 2.96. The molecule has 4 aromatic rings. The van der Waals surface area contributed by atoms with E-state index in [2.05, 4.69) is 21.8 Å². The van der Waals surface area contributed by atoms with Gasteiger partial charge in [0.2, 0.25) is 10.0 Å². The van der Waals surface area contributed by atoms with Gasteiger partial charge >= 0.3 is 0 Å². The number of morpholine rings is 1. The molecule has 0 unspecified atom stereocenters. The molecule has 0 spiro atoms. The van der Waals surface area contributed by atoms with Gasteiger partial charge in [0, 0.05) is 54.6 Å². The second-order valence-corrected chi connectivity index (χ2v) is 10.7. The summed E-state index contributed by atoms with van der Waals surface area (Å²) >= 11 is 0. The van der Waals surface area contributed by atoms with E-state index >= 15 is 0 Å². The summed E-state index contributed by atoms with van der Waals surface area (Å²) in [6.07, 6.45) is 3.23. The molecule has 1 saturated heterocycles. The van der Waals surface area contributed by atoms with Crippen molar-refractivity contribution in [2.24, 2.45) is 5.84 Å². The van der Waals surface area contributed by atoms with Gasteiger partial charge in [0.05, 0.1) is 34.9 Å². The molecule has 1 fully saturated rings. The topological polar surface area (TPSA) is 119 Å². The van der Waals surface area contributed by atoms with Crippen LogP contribution in [0.5, 0.6) is 0 Å². The molecule has 1 aliphatic heterocycles. The highest BCUT2D eigenvalue weighted by atomic mass is 32.2. The highest BCUT2D eigenvalue weighted by molar-refractivity contribution is 7.89. The maximum absolute atomic E-state index is 12.8. The summed E-state index contributed by atoms with van der Waals surface area (Å²) in [6, 6.07) is 17.5. The van der Waals surface area contributed by atoms with Crippen molar-refractivity contribution in [3.63, 3.8) is 0 Å². The Kier molecular flexibility index (Phi) is 7.18. The number of ether oxygens (including phenoxy) is 1. The summed E-state index contributed by atoms with van der Waals surface area (Å²) in [5.41, 5.74) is 4.00. The quantitative estimate of drug-likeness (QED) is 0.188. The number of amides is 1. The molecule has 2 aromatic heterocycles. The van der Waals surface area contributed by atoms with Crippen molar-refractivity contribution in [2.75, 3.05) is 33.4 Å². The van der Waals surface area contributed by atoms with Crippen LogP contribution in [-0.2, 0) is 14.8 Å². The molecule has 2 N–H and O–H groups in total. The van der Waals surface area contributed by atoms with E-state index in [0.717, 1.165) is 16.1 Å². The Morgan fingerprint density at radius 2 is 1.63 bits per heavy atom. The fraction of sp³-hybridized carbons (Fsp3) is 0.179. The molecule has 5 rings (SSSR count). The minimum atomic E-state index is -3.54. The molecule has 38 heavy (non-hydrogen) atoms. The fourth-order valence-electron chi connectivity index (χ4n) is 4.10. The highest BCUT2D eigenvalue weighted by Gasteiger charge is 2.26. The monoisotopic (exact) mass is 527 g/mol. The van der Waals surface area contributed by atoms with Gasteiger partial charge < -0.3 is 4.74 Å². The zero-order chi connectivity index (χ0) is 26.7. The number of nitrogens with two attached hydrogens (primary N) is 1. The van der Waals surface area contributed by atoms with Gasteiger partial charge in [-0.05, 0) is 48.5 Å². The van der Waals surface area contributed by atoms with Crippen LogP contribution in [0.3, 0.4) is 0 Å². The number of benzene rings is 2. The van der Waals surface area contributed by atoms with Gasteiger partial charge in [-0.15, -0.1) is 0 Å². The molecule has 0 aliphatic carbocycles. The predicted octanol–water partition coefficient (Wildman–Crippen LogP) is 2.66. The number of rotatable bonds is 4. The summed E-state index contributed by atoms with van der Waals surface area (Å²) in [7, 11) is -2.04.